The van der Waals surface area contributed by atoms with Crippen LogP contribution in [0.2, 0.25) is 0 Å². The molecule has 0 aromatic carbocycles. The first kappa shape index (κ1) is 50.6. The molecular formula is C49H85NO3. The molecule has 0 bridgehead atoms. The molecule has 2 atom stereocenters. The number of unbranched alkanes of at least 4 members (excludes halogenated alkanes) is 20. The monoisotopic (exact) mass is 736 g/mol. The van der Waals surface area contributed by atoms with Crippen LogP contribution in [-0.4, -0.2) is 34.9 Å². The summed E-state index contributed by atoms with van der Waals surface area (Å²) < 4.78 is 0. The number of hydrogen-bond donors (Lipinski definition) is 3. The maximum Gasteiger partial charge on any atom is 0.220 e. The van der Waals surface area contributed by atoms with Gasteiger partial charge in [0.05, 0.1) is 18.8 Å². The number of aliphatic hydroxyl groups is 2. The molecule has 0 heterocycles. The van der Waals surface area contributed by atoms with Gasteiger partial charge in [-0.25, -0.2) is 0 Å². The Bertz CT molecular complexity index is 972. The first-order valence-corrected chi connectivity index (χ1v) is 22.3. The molecule has 1 amide bonds. The van der Waals surface area contributed by atoms with E-state index in [1.807, 2.05) is 6.08 Å². The maximum atomic E-state index is 12.4. The minimum Gasteiger partial charge on any atom is -0.394 e. The molecule has 0 aliphatic heterocycles. The first-order chi connectivity index (χ1) is 26.2. The summed E-state index contributed by atoms with van der Waals surface area (Å²) in [4.78, 5) is 12.4. The van der Waals surface area contributed by atoms with Crippen molar-refractivity contribution in [3.63, 3.8) is 0 Å². The van der Waals surface area contributed by atoms with Crippen molar-refractivity contribution >= 4 is 5.91 Å². The number of hydrogen-bond acceptors (Lipinski definition) is 3. The van der Waals surface area contributed by atoms with Crippen molar-refractivity contribution in [2.24, 2.45) is 0 Å². The Labute approximate surface area is 329 Å². The van der Waals surface area contributed by atoms with Gasteiger partial charge in [0.2, 0.25) is 5.91 Å². The van der Waals surface area contributed by atoms with Gasteiger partial charge in [-0.15, -0.1) is 0 Å². The molecule has 0 aliphatic carbocycles. The number of carbonyl (C=O) groups is 1. The number of allylic oxidation sites excluding steroid dienone is 13. The zero-order valence-corrected chi connectivity index (χ0v) is 34.8. The molecule has 0 aromatic rings. The van der Waals surface area contributed by atoms with E-state index in [2.05, 4.69) is 92.1 Å². The summed E-state index contributed by atoms with van der Waals surface area (Å²) in [7, 11) is 0. The number of carbonyl (C=O) groups excluding carboxylic acids is 1. The first-order valence-electron chi connectivity index (χ1n) is 22.3. The van der Waals surface area contributed by atoms with Crippen LogP contribution in [0.1, 0.15) is 200 Å². The summed E-state index contributed by atoms with van der Waals surface area (Å²) in [6.07, 6.45) is 64.0. The standard InChI is InChI=1S/C49H85NO3/c1-3-5-7-9-11-13-15-17-19-21-23-25-27-29-31-33-35-37-39-41-43-45-49(53)50-47(46-51)48(52)44-42-40-38-36-34-32-30-28-26-24-22-20-18-16-14-12-10-8-6-4-2/h5,7,11,13,17,19,23,25,29,31,35,37,42,44,47-48,51-52H,3-4,6,8-10,12,14-16,18,20-22,24,26-28,30,32-34,36,38-41,43,45-46H2,1-2H3,(H,50,53)/b7-5-,13-11-,19-17-,25-23-,31-29-,37-35-,44-42+. The van der Waals surface area contributed by atoms with Crippen molar-refractivity contribution in [3.8, 4) is 0 Å². The second-order valence-corrected chi connectivity index (χ2v) is 14.7. The van der Waals surface area contributed by atoms with Crippen molar-refractivity contribution in [3.05, 3.63) is 85.1 Å². The van der Waals surface area contributed by atoms with Crippen molar-refractivity contribution < 1.29 is 15.0 Å². The molecule has 304 valence electrons. The van der Waals surface area contributed by atoms with E-state index in [9.17, 15) is 15.0 Å². The number of rotatable bonds is 39. The van der Waals surface area contributed by atoms with Crippen molar-refractivity contribution in [2.45, 2.75) is 212 Å². The Hall–Kier alpha value is -2.43. The van der Waals surface area contributed by atoms with Crippen molar-refractivity contribution in [2.75, 3.05) is 6.61 Å². The summed E-state index contributed by atoms with van der Waals surface area (Å²) >= 11 is 0. The minimum atomic E-state index is -0.863. The Kier molecular flexibility index (Phi) is 42.0. The van der Waals surface area contributed by atoms with Gasteiger partial charge in [-0.1, -0.05) is 208 Å². The smallest absolute Gasteiger partial charge is 0.220 e. The van der Waals surface area contributed by atoms with Crippen LogP contribution in [0.4, 0.5) is 0 Å². The van der Waals surface area contributed by atoms with E-state index in [0.717, 1.165) is 70.6 Å². The van der Waals surface area contributed by atoms with Crippen LogP contribution in [0.25, 0.3) is 0 Å². The predicted molar refractivity (Wildman–Crippen MR) is 234 cm³/mol. The largest absolute Gasteiger partial charge is 0.394 e. The molecule has 4 heteroatoms. The number of amides is 1. The lowest BCUT2D eigenvalue weighted by Gasteiger charge is -2.19. The van der Waals surface area contributed by atoms with Gasteiger partial charge >= 0.3 is 0 Å². The average Bonchev–Trinajstić information content (AvgIpc) is 3.16. The third kappa shape index (κ3) is 40.6. The van der Waals surface area contributed by atoms with E-state index < -0.39 is 12.1 Å². The molecule has 53 heavy (non-hydrogen) atoms. The highest BCUT2D eigenvalue weighted by Crippen LogP contribution is 2.15. The molecule has 0 saturated heterocycles. The van der Waals surface area contributed by atoms with Crippen LogP contribution in [0.3, 0.4) is 0 Å². The number of aliphatic hydroxyl groups excluding tert-OH is 2. The Balaban J connectivity index is 3.70. The average molecular weight is 736 g/mol. The minimum absolute atomic E-state index is 0.109. The van der Waals surface area contributed by atoms with E-state index in [1.54, 1.807) is 6.08 Å². The van der Waals surface area contributed by atoms with E-state index in [-0.39, 0.29) is 12.5 Å². The highest BCUT2D eigenvalue weighted by atomic mass is 16.3. The highest BCUT2D eigenvalue weighted by Gasteiger charge is 2.17. The Morgan fingerprint density at radius 3 is 1.25 bits per heavy atom. The Morgan fingerprint density at radius 1 is 0.472 bits per heavy atom. The van der Waals surface area contributed by atoms with Crippen LogP contribution >= 0.6 is 0 Å². The zero-order chi connectivity index (χ0) is 38.6. The van der Waals surface area contributed by atoms with Crippen molar-refractivity contribution in [1.82, 2.24) is 5.32 Å². The van der Waals surface area contributed by atoms with Gasteiger partial charge in [0.15, 0.2) is 0 Å². The van der Waals surface area contributed by atoms with Gasteiger partial charge in [-0.05, 0) is 70.6 Å². The summed E-state index contributed by atoms with van der Waals surface area (Å²) in [6, 6.07) is -0.651. The third-order valence-corrected chi connectivity index (χ3v) is 9.63. The lowest BCUT2D eigenvalue weighted by atomic mass is 10.0. The van der Waals surface area contributed by atoms with Crippen LogP contribution in [0.15, 0.2) is 85.1 Å². The molecule has 0 rings (SSSR count). The summed E-state index contributed by atoms with van der Waals surface area (Å²) in [5.41, 5.74) is 0. The summed E-state index contributed by atoms with van der Waals surface area (Å²) in [5.74, 6) is -0.109. The van der Waals surface area contributed by atoms with Gasteiger partial charge in [-0.3, -0.25) is 4.79 Å². The van der Waals surface area contributed by atoms with Crippen LogP contribution in [0.5, 0.6) is 0 Å². The van der Waals surface area contributed by atoms with Crippen LogP contribution in [-0.2, 0) is 4.79 Å². The second-order valence-electron chi connectivity index (χ2n) is 14.7. The molecule has 3 N–H and O–H groups in total. The fourth-order valence-electron chi connectivity index (χ4n) is 6.24. The molecular weight excluding hydrogens is 651 g/mol. The molecule has 0 aliphatic rings. The van der Waals surface area contributed by atoms with E-state index in [0.29, 0.717) is 6.42 Å². The fraction of sp³-hybridized carbons (Fsp3) is 0.694. The molecule has 0 spiro atoms. The lowest BCUT2D eigenvalue weighted by molar-refractivity contribution is -0.123. The third-order valence-electron chi connectivity index (χ3n) is 9.63. The van der Waals surface area contributed by atoms with Crippen LogP contribution < -0.4 is 5.32 Å². The summed E-state index contributed by atoms with van der Waals surface area (Å²) in [5, 5.41) is 23.0. The lowest BCUT2D eigenvalue weighted by Crippen LogP contribution is -2.45. The van der Waals surface area contributed by atoms with Gasteiger partial charge in [0.1, 0.15) is 0 Å². The predicted octanol–water partition coefficient (Wildman–Crippen LogP) is 14.1. The fourth-order valence-corrected chi connectivity index (χ4v) is 6.24. The van der Waals surface area contributed by atoms with Crippen molar-refractivity contribution in [1.29, 1.82) is 0 Å². The molecule has 0 radical (unpaired) electrons. The van der Waals surface area contributed by atoms with Crippen LogP contribution in [0, 0.1) is 0 Å². The number of nitrogens with one attached hydrogen (secondary N) is 1. The highest BCUT2D eigenvalue weighted by molar-refractivity contribution is 5.76. The molecule has 4 nitrogen and oxygen atoms in total. The normalized spacial score (nSPS) is 13.8. The van der Waals surface area contributed by atoms with Gasteiger partial charge < -0.3 is 15.5 Å². The molecule has 0 saturated carbocycles. The molecule has 2 unspecified atom stereocenters. The summed E-state index contributed by atoms with van der Waals surface area (Å²) in [6.45, 7) is 4.17. The topological polar surface area (TPSA) is 69.6 Å². The second kappa shape index (κ2) is 44.0. The van der Waals surface area contributed by atoms with E-state index in [4.69, 9.17) is 0 Å². The SMILES string of the molecule is CC/C=C\C/C=C\C/C=C\C/C=C\C/C=C\C/C=C\CCCCC(=O)NC(CO)C(O)/C=C/CCCCCCCCCCCCCCCCCCCC. The zero-order valence-electron chi connectivity index (χ0n) is 34.8. The van der Waals surface area contributed by atoms with Gasteiger partial charge in [0.25, 0.3) is 0 Å². The molecule has 0 fully saturated rings. The van der Waals surface area contributed by atoms with Gasteiger partial charge in [-0.2, -0.15) is 0 Å². The quantitative estimate of drug-likeness (QED) is 0.0435. The maximum absolute atomic E-state index is 12.4. The van der Waals surface area contributed by atoms with E-state index >= 15 is 0 Å². The Morgan fingerprint density at radius 2 is 0.830 bits per heavy atom. The molecule has 0 aromatic heterocycles. The van der Waals surface area contributed by atoms with Gasteiger partial charge in [0, 0.05) is 6.42 Å². The van der Waals surface area contributed by atoms with E-state index in [1.165, 1.54) is 109 Å².